The first-order valence-electron chi connectivity index (χ1n) is 7.84. The van der Waals surface area contributed by atoms with E-state index in [9.17, 15) is 13.2 Å². The minimum absolute atomic E-state index is 0.115. The number of aryl methyl sites for hydroxylation is 2. The van der Waals surface area contributed by atoms with Crippen molar-refractivity contribution < 1.29 is 22.1 Å². The van der Waals surface area contributed by atoms with Crippen LogP contribution in [0.5, 0.6) is 0 Å². The molecule has 26 heavy (non-hydrogen) atoms. The highest BCUT2D eigenvalue weighted by atomic mass is 19.4. The van der Waals surface area contributed by atoms with Crippen LogP contribution in [-0.4, -0.2) is 15.1 Å². The molecule has 4 rings (SSSR count). The van der Waals surface area contributed by atoms with E-state index in [1.165, 1.54) is 12.1 Å². The van der Waals surface area contributed by atoms with Crippen molar-refractivity contribution in [2.24, 2.45) is 0 Å². The molecule has 2 aromatic carbocycles. The van der Waals surface area contributed by atoms with Crippen LogP contribution in [0.3, 0.4) is 0 Å². The predicted molar refractivity (Wildman–Crippen MR) is 86.2 cm³/mol. The van der Waals surface area contributed by atoms with Crippen LogP contribution < -0.4 is 0 Å². The molecule has 132 valence electrons. The Morgan fingerprint density at radius 2 is 1.69 bits per heavy atom. The molecule has 5 nitrogen and oxygen atoms in total. The Balaban J connectivity index is 1.49. The number of benzene rings is 2. The van der Waals surface area contributed by atoms with Gasteiger partial charge in [-0.2, -0.15) is 18.2 Å². The first-order valence-corrected chi connectivity index (χ1v) is 7.84. The Labute approximate surface area is 145 Å². The summed E-state index contributed by atoms with van der Waals surface area (Å²) in [5, 5.41) is 3.76. The number of oxazole rings is 1. The molecule has 2 aromatic heterocycles. The minimum Gasteiger partial charge on any atom is -0.441 e. The summed E-state index contributed by atoms with van der Waals surface area (Å²) < 4.78 is 49.1. The topological polar surface area (TPSA) is 65.0 Å². The molecule has 4 aromatic rings. The normalized spacial score (nSPS) is 12.0. The third-order valence-corrected chi connectivity index (χ3v) is 3.81. The van der Waals surface area contributed by atoms with Gasteiger partial charge in [0.1, 0.15) is 5.52 Å². The van der Waals surface area contributed by atoms with E-state index in [4.69, 9.17) is 8.94 Å². The smallest absolute Gasteiger partial charge is 0.416 e. The van der Waals surface area contributed by atoms with Gasteiger partial charge in [0.15, 0.2) is 11.5 Å². The fourth-order valence-electron chi connectivity index (χ4n) is 2.55. The van der Waals surface area contributed by atoms with Gasteiger partial charge in [0.05, 0.1) is 5.56 Å². The summed E-state index contributed by atoms with van der Waals surface area (Å²) in [5.41, 5.74) is 0.944. The third-order valence-electron chi connectivity index (χ3n) is 3.81. The lowest BCUT2D eigenvalue weighted by atomic mass is 10.1. The largest absolute Gasteiger partial charge is 0.441 e. The summed E-state index contributed by atoms with van der Waals surface area (Å²) in [6, 6.07) is 12.2. The molecule has 0 saturated carbocycles. The maximum Gasteiger partial charge on any atom is 0.416 e. The van der Waals surface area contributed by atoms with Crippen LogP contribution >= 0.6 is 0 Å². The Morgan fingerprint density at radius 1 is 0.885 bits per heavy atom. The molecule has 0 fully saturated rings. The van der Waals surface area contributed by atoms with Crippen LogP contribution in [0.2, 0.25) is 0 Å². The number of hydrogen-bond donors (Lipinski definition) is 0. The second-order valence-electron chi connectivity index (χ2n) is 5.67. The van der Waals surface area contributed by atoms with E-state index in [1.807, 2.05) is 24.3 Å². The van der Waals surface area contributed by atoms with Crippen molar-refractivity contribution in [1.82, 2.24) is 15.1 Å². The van der Waals surface area contributed by atoms with Gasteiger partial charge in [-0.05, 0) is 24.3 Å². The molecule has 0 aliphatic rings. The highest BCUT2D eigenvalue weighted by molar-refractivity contribution is 5.72. The van der Waals surface area contributed by atoms with Gasteiger partial charge >= 0.3 is 6.18 Å². The summed E-state index contributed by atoms with van der Waals surface area (Å²) >= 11 is 0. The van der Waals surface area contributed by atoms with Crippen LogP contribution in [0.4, 0.5) is 13.2 Å². The van der Waals surface area contributed by atoms with Gasteiger partial charge in [0.25, 0.3) is 0 Å². The Bertz CT molecular complexity index is 1020. The fourth-order valence-corrected chi connectivity index (χ4v) is 2.55. The minimum atomic E-state index is -4.42. The maximum atomic E-state index is 12.8. The maximum absolute atomic E-state index is 12.8. The zero-order chi connectivity index (χ0) is 18.1. The summed E-state index contributed by atoms with van der Waals surface area (Å²) in [6.07, 6.45) is -3.60. The summed E-state index contributed by atoms with van der Waals surface area (Å²) in [5.74, 6) is 0.952. The molecule has 0 aliphatic carbocycles. The number of alkyl halides is 3. The van der Waals surface area contributed by atoms with E-state index in [1.54, 1.807) is 0 Å². The Morgan fingerprint density at radius 3 is 2.50 bits per heavy atom. The van der Waals surface area contributed by atoms with Gasteiger partial charge in [-0.1, -0.05) is 29.4 Å². The summed E-state index contributed by atoms with van der Waals surface area (Å²) in [4.78, 5) is 8.51. The molecule has 0 aliphatic heterocycles. The molecule has 2 heterocycles. The van der Waals surface area contributed by atoms with Crippen molar-refractivity contribution in [1.29, 1.82) is 0 Å². The predicted octanol–water partition coefficient (Wildman–Crippen LogP) is 4.68. The molecule has 0 bridgehead atoms. The van der Waals surface area contributed by atoms with Crippen LogP contribution in [0.15, 0.2) is 57.5 Å². The molecular formula is C18H12F3N3O2. The average Bonchev–Trinajstić information content (AvgIpc) is 3.26. The second kappa shape index (κ2) is 6.29. The molecule has 0 spiro atoms. The SMILES string of the molecule is FC(F)(F)c1cccc(-c2noc(CCc3nc4ccccc4o3)n2)c1. The number of fused-ring (bicyclic) bond motifs is 1. The first kappa shape index (κ1) is 16.3. The van der Waals surface area contributed by atoms with Crippen molar-refractivity contribution in [3.63, 3.8) is 0 Å². The van der Waals surface area contributed by atoms with Crippen molar-refractivity contribution in [2.75, 3.05) is 0 Å². The van der Waals surface area contributed by atoms with Crippen LogP contribution in [0.1, 0.15) is 17.3 Å². The lowest BCUT2D eigenvalue weighted by molar-refractivity contribution is -0.137. The molecular weight excluding hydrogens is 347 g/mol. The lowest BCUT2D eigenvalue weighted by Gasteiger charge is -2.06. The van der Waals surface area contributed by atoms with Gasteiger partial charge in [0.2, 0.25) is 11.7 Å². The van der Waals surface area contributed by atoms with Crippen molar-refractivity contribution >= 4 is 11.1 Å². The number of rotatable bonds is 4. The molecule has 0 unspecified atom stereocenters. The van der Waals surface area contributed by atoms with E-state index < -0.39 is 11.7 Å². The second-order valence-corrected chi connectivity index (χ2v) is 5.67. The van der Waals surface area contributed by atoms with Crippen molar-refractivity contribution in [2.45, 2.75) is 19.0 Å². The van der Waals surface area contributed by atoms with Gasteiger partial charge in [-0.3, -0.25) is 0 Å². The summed E-state index contributed by atoms with van der Waals surface area (Å²) in [6.45, 7) is 0. The number of hydrogen-bond acceptors (Lipinski definition) is 5. The van der Waals surface area contributed by atoms with E-state index in [-0.39, 0.29) is 11.4 Å². The van der Waals surface area contributed by atoms with Gasteiger partial charge in [0, 0.05) is 18.4 Å². The molecule has 0 saturated heterocycles. The fraction of sp³-hybridized carbons (Fsp3) is 0.167. The van der Waals surface area contributed by atoms with Crippen molar-refractivity contribution in [3.05, 3.63) is 65.9 Å². The molecule has 0 amide bonds. The monoisotopic (exact) mass is 359 g/mol. The average molecular weight is 359 g/mol. The van der Waals surface area contributed by atoms with Gasteiger partial charge in [-0.15, -0.1) is 0 Å². The molecule has 0 radical (unpaired) electrons. The molecule has 8 heteroatoms. The summed E-state index contributed by atoms with van der Waals surface area (Å²) in [7, 11) is 0. The zero-order valence-corrected chi connectivity index (χ0v) is 13.3. The lowest BCUT2D eigenvalue weighted by Crippen LogP contribution is -2.04. The van der Waals surface area contributed by atoms with E-state index in [2.05, 4.69) is 15.1 Å². The third kappa shape index (κ3) is 3.30. The zero-order valence-electron chi connectivity index (χ0n) is 13.3. The number of para-hydroxylation sites is 2. The van der Waals surface area contributed by atoms with Gasteiger partial charge in [-0.25, -0.2) is 4.98 Å². The number of aromatic nitrogens is 3. The molecule has 0 atom stereocenters. The van der Waals surface area contributed by atoms with E-state index in [0.29, 0.717) is 30.2 Å². The van der Waals surface area contributed by atoms with E-state index in [0.717, 1.165) is 17.6 Å². The first-order chi connectivity index (χ1) is 12.5. The Kier molecular flexibility index (Phi) is 3.95. The van der Waals surface area contributed by atoms with Gasteiger partial charge < -0.3 is 8.94 Å². The Hall–Kier alpha value is -3.16. The van der Waals surface area contributed by atoms with Crippen LogP contribution in [0.25, 0.3) is 22.5 Å². The van der Waals surface area contributed by atoms with E-state index >= 15 is 0 Å². The highest BCUT2D eigenvalue weighted by Crippen LogP contribution is 2.31. The number of halogens is 3. The quantitative estimate of drug-likeness (QED) is 0.529. The standard InChI is InChI=1S/C18H12F3N3O2/c19-18(20,21)12-5-3-4-11(10-12)17-23-16(26-24-17)9-8-15-22-13-6-1-2-7-14(13)25-15/h1-7,10H,8-9H2. The van der Waals surface area contributed by atoms with Crippen LogP contribution in [-0.2, 0) is 19.0 Å². The number of nitrogens with zero attached hydrogens (tertiary/aromatic N) is 3. The van der Waals surface area contributed by atoms with Crippen LogP contribution in [0, 0.1) is 0 Å². The van der Waals surface area contributed by atoms with Crippen molar-refractivity contribution in [3.8, 4) is 11.4 Å². The highest BCUT2D eigenvalue weighted by Gasteiger charge is 2.30. The molecule has 0 N–H and O–H groups in total.